The first-order chi connectivity index (χ1) is 12.9. The van der Waals surface area contributed by atoms with E-state index >= 15 is 0 Å². The lowest BCUT2D eigenvalue weighted by Gasteiger charge is -2.26. The summed E-state index contributed by atoms with van der Waals surface area (Å²) in [7, 11) is -3.05. The quantitative estimate of drug-likeness (QED) is 0.817. The molecule has 7 nitrogen and oxygen atoms in total. The van der Waals surface area contributed by atoms with Crippen LogP contribution in [0.25, 0.3) is 0 Å². The summed E-state index contributed by atoms with van der Waals surface area (Å²) in [6.45, 7) is 4.38. The molecule has 0 radical (unpaired) electrons. The van der Waals surface area contributed by atoms with Crippen molar-refractivity contribution in [1.82, 2.24) is 15.1 Å². The third-order valence-corrected chi connectivity index (χ3v) is 6.52. The SMILES string of the molecule is CCc1ccc(Nc2ccc(C(=O)N(CC)C3CCS(=O)(=O)C3)nn2)cc1. The number of carbonyl (C=O) groups excluding carboxylic acids is 1. The molecule has 0 aliphatic carbocycles. The smallest absolute Gasteiger partial charge is 0.274 e. The van der Waals surface area contributed by atoms with Crippen molar-refractivity contribution in [2.75, 3.05) is 23.4 Å². The van der Waals surface area contributed by atoms with Crippen molar-refractivity contribution in [3.05, 3.63) is 47.7 Å². The van der Waals surface area contributed by atoms with Gasteiger partial charge in [-0.3, -0.25) is 4.79 Å². The number of hydrogen-bond acceptors (Lipinski definition) is 6. The van der Waals surface area contributed by atoms with E-state index in [9.17, 15) is 13.2 Å². The molecule has 2 heterocycles. The van der Waals surface area contributed by atoms with E-state index < -0.39 is 9.84 Å². The molecule has 1 unspecified atom stereocenters. The molecular weight excluding hydrogens is 364 g/mol. The molecule has 1 aromatic heterocycles. The molecule has 2 aromatic rings. The third kappa shape index (κ3) is 4.63. The van der Waals surface area contributed by atoms with Crippen LogP contribution in [0.15, 0.2) is 36.4 Å². The predicted octanol–water partition coefficient (Wildman–Crippen LogP) is 2.43. The van der Waals surface area contributed by atoms with E-state index in [-0.39, 0.29) is 29.1 Å². The number of amides is 1. The van der Waals surface area contributed by atoms with Gasteiger partial charge in [0, 0.05) is 18.3 Å². The summed E-state index contributed by atoms with van der Waals surface area (Å²) in [5, 5.41) is 11.3. The van der Waals surface area contributed by atoms with E-state index in [0.717, 1.165) is 12.1 Å². The molecule has 1 N–H and O–H groups in total. The minimum Gasteiger partial charge on any atom is -0.339 e. The molecule has 8 heteroatoms. The number of nitrogens with one attached hydrogen (secondary N) is 1. The fourth-order valence-electron chi connectivity index (χ4n) is 3.22. The van der Waals surface area contributed by atoms with E-state index in [1.165, 1.54) is 5.56 Å². The Morgan fingerprint density at radius 3 is 2.41 bits per heavy atom. The first kappa shape index (κ1) is 19.3. The largest absolute Gasteiger partial charge is 0.339 e. The fourth-order valence-corrected chi connectivity index (χ4v) is 4.95. The summed E-state index contributed by atoms with van der Waals surface area (Å²) >= 11 is 0. The van der Waals surface area contributed by atoms with Gasteiger partial charge < -0.3 is 10.2 Å². The number of rotatable bonds is 6. The Morgan fingerprint density at radius 1 is 1.15 bits per heavy atom. The van der Waals surface area contributed by atoms with Crippen LogP contribution in [0.3, 0.4) is 0 Å². The summed E-state index contributed by atoms with van der Waals surface area (Å²) < 4.78 is 23.4. The maximum absolute atomic E-state index is 12.7. The molecule has 3 rings (SSSR count). The van der Waals surface area contributed by atoms with E-state index in [2.05, 4.69) is 22.4 Å². The van der Waals surface area contributed by atoms with Gasteiger partial charge in [-0.1, -0.05) is 19.1 Å². The van der Waals surface area contributed by atoms with Crippen molar-refractivity contribution in [1.29, 1.82) is 0 Å². The van der Waals surface area contributed by atoms with Crippen LogP contribution in [-0.4, -0.2) is 53.5 Å². The van der Waals surface area contributed by atoms with E-state index in [4.69, 9.17) is 0 Å². The van der Waals surface area contributed by atoms with Crippen LogP contribution in [0.2, 0.25) is 0 Å². The van der Waals surface area contributed by atoms with Gasteiger partial charge in [-0.25, -0.2) is 8.42 Å². The van der Waals surface area contributed by atoms with Crippen LogP contribution in [0, 0.1) is 0 Å². The number of anilines is 2. The number of aryl methyl sites for hydroxylation is 1. The van der Waals surface area contributed by atoms with E-state index in [1.54, 1.807) is 17.0 Å². The Morgan fingerprint density at radius 2 is 1.89 bits per heavy atom. The van der Waals surface area contributed by atoms with Gasteiger partial charge in [-0.2, -0.15) is 0 Å². The van der Waals surface area contributed by atoms with Crippen molar-refractivity contribution in [3.8, 4) is 0 Å². The molecule has 0 spiro atoms. The lowest BCUT2D eigenvalue weighted by molar-refractivity contribution is 0.0701. The monoisotopic (exact) mass is 388 g/mol. The van der Waals surface area contributed by atoms with E-state index in [0.29, 0.717) is 18.8 Å². The van der Waals surface area contributed by atoms with Gasteiger partial charge >= 0.3 is 0 Å². The molecule has 1 aliphatic rings. The molecule has 1 atom stereocenters. The average molecular weight is 388 g/mol. The highest BCUT2D eigenvalue weighted by molar-refractivity contribution is 7.91. The summed E-state index contributed by atoms with van der Waals surface area (Å²) in [6.07, 6.45) is 1.45. The molecule has 0 saturated carbocycles. The van der Waals surface area contributed by atoms with Gasteiger partial charge in [-0.05, 0) is 49.6 Å². The Labute approximate surface area is 159 Å². The van der Waals surface area contributed by atoms with Crippen molar-refractivity contribution in [3.63, 3.8) is 0 Å². The molecule has 1 saturated heterocycles. The van der Waals surface area contributed by atoms with Crippen molar-refractivity contribution < 1.29 is 13.2 Å². The highest BCUT2D eigenvalue weighted by Gasteiger charge is 2.34. The van der Waals surface area contributed by atoms with Crippen LogP contribution >= 0.6 is 0 Å². The Balaban J connectivity index is 1.69. The second-order valence-corrected chi connectivity index (χ2v) is 8.86. The lowest BCUT2D eigenvalue weighted by atomic mass is 10.1. The molecule has 1 fully saturated rings. The van der Waals surface area contributed by atoms with Gasteiger partial charge in [0.15, 0.2) is 21.3 Å². The van der Waals surface area contributed by atoms with Crippen LogP contribution in [0.5, 0.6) is 0 Å². The molecule has 27 heavy (non-hydrogen) atoms. The minimum atomic E-state index is -3.05. The van der Waals surface area contributed by atoms with Crippen molar-refractivity contribution >= 4 is 27.2 Å². The number of benzene rings is 1. The summed E-state index contributed by atoms with van der Waals surface area (Å²) in [5.74, 6) is 0.411. The van der Waals surface area contributed by atoms with Crippen LogP contribution in [0.1, 0.15) is 36.3 Å². The van der Waals surface area contributed by atoms with Crippen LogP contribution < -0.4 is 5.32 Å². The third-order valence-electron chi connectivity index (χ3n) is 4.77. The second-order valence-electron chi connectivity index (χ2n) is 6.63. The summed E-state index contributed by atoms with van der Waals surface area (Å²) in [6, 6.07) is 11.1. The average Bonchev–Trinajstić information content (AvgIpc) is 3.03. The Kier molecular flexibility index (Phi) is 5.74. The maximum atomic E-state index is 12.7. The zero-order chi connectivity index (χ0) is 19.4. The second kappa shape index (κ2) is 8.04. The zero-order valence-corrected chi connectivity index (χ0v) is 16.4. The molecule has 0 bridgehead atoms. The Bertz CT molecular complexity index is 896. The van der Waals surface area contributed by atoms with Crippen molar-refractivity contribution in [2.24, 2.45) is 0 Å². The molecular formula is C19H24N4O3S. The number of hydrogen-bond donors (Lipinski definition) is 1. The van der Waals surface area contributed by atoms with Gasteiger partial charge in [0.2, 0.25) is 0 Å². The van der Waals surface area contributed by atoms with Crippen molar-refractivity contribution in [2.45, 2.75) is 32.7 Å². The zero-order valence-electron chi connectivity index (χ0n) is 15.6. The number of carbonyl (C=O) groups is 1. The minimum absolute atomic E-state index is 0.0212. The first-order valence-electron chi connectivity index (χ1n) is 9.13. The number of sulfone groups is 1. The predicted molar refractivity (Wildman–Crippen MR) is 105 cm³/mol. The van der Waals surface area contributed by atoms with Crippen LogP contribution in [-0.2, 0) is 16.3 Å². The topological polar surface area (TPSA) is 92.3 Å². The summed E-state index contributed by atoms with van der Waals surface area (Å²) in [5.41, 5.74) is 2.36. The van der Waals surface area contributed by atoms with Gasteiger partial charge in [-0.15, -0.1) is 10.2 Å². The standard InChI is InChI=1S/C19H24N4O3S/c1-3-14-5-7-15(8-6-14)20-18-10-9-17(21-22-18)19(24)23(4-2)16-11-12-27(25,26)13-16/h5-10,16H,3-4,11-13H2,1-2H3,(H,20,22). The lowest BCUT2D eigenvalue weighted by Crippen LogP contribution is -2.41. The molecule has 144 valence electrons. The van der Waals surface area contributed by atoms with Gasteiger partial charge in [0.25, 0.3) is 5.91 Å². The van der Waals surface area contributed by atoms with Gasteiger partial charge in [0.05, 0.1) is 11.5 Å². The molecule has 1 amide bonds. The molecule has 1 aliphatic heterocycles. The van der Waals surface area contributed by atoms with E-state index in [1.807, 2.05) is 31.2 Å². The highest BCUT2D eigenvalue weighted by atomic mass is 32.2. The van der Waals surface area contributed by atoms with Gasteiger partial charge in [0.1, 0.15) is 0 Å². The van der Waals surface area contributed by atoms with Crippen LogP contribution in [0.4, 0.5) is 11.5 Å². The highest BCUT2D eigenvalue weighted by Crippen LogP contribution is 2.20. The fraction of sp³-hybridized carbons (Fsp3) is 0.421. The summed E-state index contributed by atoms with van der Waals surface area (Å²) in [4.78, 5) is 14.3. The number of nitrogens with zero attached hydrogens (tertiary/aromatic N) is 3. The normalized spacial score (nSPS) is 18.2. The Hall–Kier alpha value is -2.48. The first-order valence-corrected chi connectivity index (χ1v) is 10.9. The maximum Gasteiger partial charge on any atom is 0.274 e. The number of aromatic nitrogens is 2. The molecule has 1 aromatic carbocycles.